The topological polar surface area (TPSA) is 76.9 Å². The van der Waals surface area contributed by atoms with Crippen molar-refractivity contribution in [3.05, 3.63) is 58.4 Å². The zero-order chi connectivity index (χ0) is 18.9. The van der Waals surface area contributed by atoms with Gasteiger partial charge in [-0.25, -0.2) is 31.6 Å². The van der Waals surface area contributed by atoms with E-state index in [-0.39, 0.29) is 6.54 Å². The molecule has 0 saturated heterocycles. The second-order valence-electron chi connectivity index (χ2n) is 5.68. The third-order valence-corrected chi connectivity index (χ3v) is 5.93. The molecular weight excluding hydrogens is 382 g/mol. The van der Waals surface area contributed by atoms with Crippen LogP contribution in [0.2, 0.25) is 0 Å². The summed E-state index contributed by atoms with van der Waals surface area (Å²) in [4.78, 5) is 3.72. The summed E-state index contributed by atoms with van der Waals surface area (Å²) in [6, 6.07) is 4.24. The van der Waals surface area contributed by atoms with Crippen LogP contribution in [0.5, 0.6) is 0 Å². The van der Waals surface area contributed by atoms with Crippen molar-refractivity contribution >= 4 is 21.4 Å². The molecule has 26 heavy (non-hydrogen) atoms. The standard InChI is InChI=1S/C16H16F2N4O2S2/c1-10-7-11(2)22(21-10)16-20-13(9-25-16)5-6-19-26(23,24)15-8-12(17)3-4-14(15)18/h3-4,7-9,19H,5-6H2,1-2H3. The van der Waals surface area contributed by atoms with Crippen molar-refractivity contribution < 1.29 is 17.2 Å². The second-order valence-corrected chi connectivity index (χ2v) is 8.25. The molecule has 0 aliphatic rings. The molecule has 6 nitrogen and oxygen atoms in total. The average molecular weight is 398 g/mol. The van der Waals surface area contributed by atoms with Gasteiger partial charge in [0, 0.05) is 24.0 Å². The van der Waals surface area contributed by atoms with Gasteiger partial charge in [-0.1, -0.05) is 0 Å². The summed E-state index contributed by atoms with van der Waals surface area (Å²) >= 11 is 1.39. The third kappa shape index (κ3) is 3.97. The number of aromatic nitrogens is 3. The number of aryl methyl sites for hydroxylation is 2. The maximum Gasteiger partial charge on any atom is 0.243 e. The molecule has 0 radical (unpaired) electrons. The Morgan fingerprint density at radius 3 is 2.69 bits per heavy atom. The molecule has 0 atom stereocenters. The van der Waals surface area contributed by atoms with E-state index in [1.54, 1.807) is 4.68 Å². The van der Waals surface area contributed by atoms with Crippen LogP contribution in [0.25, 0.3) is 5.13 Å². The molecule has 1 N–H and O–H groups in total. The first-order valence-corrected chi connectivity index (χ1v) is 10.1. The van der Waals surface area contributed by atoms with E-state index in [4.69, 9.17) is 0 Å². The smallest absolute Gasteiger partial charge is 0.223 e. The van der Waals surface area contributed by atoms with Crippen LogP contribution in [0.1, 0.15) is 17.1 Å². The van der Waals surface area contributed by atoms with Crippen molar-refractivity contribution in [3.63, 3.8) is 0 Å². The summed E-state index contributed by atoms with van der Waals surface area (Å²) < 4.78 is 55.0. The van der Waals surface area contributed by atoms with Gasteiger partial charge in [0.1, 0.15) is 16.5 Å². The van der Waals surface area contributed by atoms with Gasteiger partial charge in [0.15, 0.2) is 0 Å². The first kappa shape index (κ1) is 18.6. The average Bonchev–Trinajstić information content (AvgIpc) is 3.15. The molecule has 1 aromatic carbocycles. The van der Waals surface area contributed by atoms with E-state index in [9.17, 15) is 17.2 Å². The highest BCUT2D eigenvalue weighted by Gasteiger charge is 2.19. The summed E-state index contributed by atoms with van der Waals surface area (Å²) in [5.41, 5.74) is 2.51. The maximum atomic E-state index is 13.6. The van der Waals surface area contributed by atoms with Crippen molar-refractivity contribution in [1.29, 1.82) is 0 Å². The number of nitrogens with one attached hydrogen (secondary N) is 1. The quantitative estimate of drug-likeness (QED) is 0.693. The number of rotatable bonds is 6. The van der Waals surface area contributed by atoms with Crippen LogP contribution in [0, 0.1) is 25.5 Å². The van der Waals surface area contributed by atoms with E-state index in [1.165, 1.54) is 11.3 Å². The number of thiazole rings is 1. The van der Waals surface area contributed by atoms with Gasteiger partial charge in [0.05, 0.1) is 11.4 Å². The monoisotopic (exact) mass is 398 g/mol. The Hall–Kier alpha value is -2.17. The molecule has 0 bridgehead atoms. The molecule has 0 aliphatic heterocycles. The van der Waals surface area contributed by atoms with Crippen molar-refractivity contribution in [3.8, 4) is 5.13 Å². The normalized spacial score (nSPS) is 11.8. The van der Waals surface area contributed by atoms with Crippen LogP contribution in [-0.2, 0) is 16.4 Å². The summed E-state index contributed by atoms with van der Waals surface area (Å²) in [7, 11) is -4.14. The van der Waals surface area contributed by atoms with E-state index < -0.39 is 26.6 Å². The Balaban J connectivity index is 1.67. The molecule has 0 unspecified atom stereocenters. The second kappa shape index (κ2) is 7.22. The van der Waals surface area contributed by atoms with Crippen LogP contribution in [-0.4, -0.2) is 29.7 Å². The lowest BCUT2D eigenvalue weighted by molar-refractivity contribution is 0.545. The van der Waals surface area contributed by atoms with Gasteiger partial charge in [-0.15, -0.1) is 11.3 Å². The Morgan fingerprint density at radius 2 is 2.00 bits per heavy atom. The van der Waals surface area contributed by atoms with Crippen LogP contribution < -0.4 is 4.72 Å². The lowest BCUT2D eigenvalue weighted by atomic mass is 10.3. The molecule has 3 rings (SSSR count). The highest BCUT2D eigenvalue weighted by Crippen LogP contribution is 2.18. The van der Waals surface area contributed by atoms with E-state index >= 15 is 0 Å². The highest BCUT2D eigenvalue weighted by atomic mass is 32.2. The lowest BCUT2D eigenvalue weighted by Crippen LogP contribution is -2.27. The van der Waals surface area contributed by atoms with Crippen LogP contribution >= 0.6 is 11.3 Å². The minimum Gasteiger partial charge on any atom is -0.223 e. The summed E-state index contributed by atoms with van der Waals surface area (Å²) in [5, 5.41) is 6.84. The lowest BCUT2D eigenvalue weighted by Gasteiger charge is -2.07. The first-order chi connectivity index (χ1) is 12.3. The maximum absolute atomic E-state index is 13.6. The molecule has 0 saturated carbocycles. The fourth-order valence-electron chi connectivity index (χ4n) is 2.41. The number of nitrogens with zero attached hydrogens (tertiary/aromatic N) is 3. The zero-order valence-corrected chi connectivity index (χ0v) is 15.7. The molecule has 0 fully saturated rings. The molecule has 0 spiro atoms. The van der Waals surface area contributed by atoms with Crippen LogP contribution in [0.4, 0.5) is 8.78 Å². The molecule has 10 heteroatoms. The van der Waals surface area contributed by atoms with Gasteiger partial charge in [-0.05, 0) is 38.1 Å². The molecule has 138 valence electrons. The number of hydrogen-bond acceptors (Lipinski definition) is 5. The fraction of sp³-hybridized carbons (Fsp3) is 0.250. The Morgan fingerprint density at radius 1 is 1.23 bits per heavy atom. The number of benzene rings is 1. The highest BCUT2D eigenvalue weighted by molar-refractivity contribution is 7.89. The van der Waals surface area contributed by atoms with Gasteiger partial charge >= 0.3 is 0 Å². The molecule has 0 aliphatic carbocycles. The Bertz CT molecular complexity index is 1040. The number of sulfonamides is 1. The summed E-state index contributed by atoms with van der Waals surface area (Å²) in [5.74, 6) is -1.82. The van der Waals surface area contributed by atoms with Crippen molar-refractivity contribution in [1.82, 2.24) is 19.5 Å². The van der Waals surface area contributed by atoms with Gasteiger partial charge in [-0.2, -0.15) is 5.10 Å². The Labute approximate surface area is 153 Å². The molecule has 2 aromatic heterocycles. The van der Waals surface area contributed by atoms with Crippen molar-refractivity contribution in [2.24, 2.45) is 0 Å². The molecule has 0 amide bonds. The van der Waals surface area contributed by atoms with Crippen molar-refractivity contribution in [2.75, 3.05) is 6.54 Å². The predicted molar refractivity (Wildman–Crippen MR) is 94.0 cm³/mol. The van der Waals surface area contributed by atoms with E-state index in [0.29, 0.717) is 23.3 Å². The predicted octanol–water partition coefficient (Wildman–Crippen LogP) is 2.74. The minimum atomic E-state index is -4.14. The summed E-state index contributed by atoms with van der Waals surface area (Å²) in [6.45, 7) is 3.82. The number of halogens is 2. The summed E-state index contributed by atoms with van der Waals surface area (Å²) in [6.07, 6.45) is 0.311. The zero-order valence-electron chi connectivity index (χ0n) is 14.0. The molecule has 2 heterocycles. The molecule has 3 aromatic rings. The molecular formula is C16H16F2N4O2S2. The first-order valence-electron chi connectivity index (χ1n) is 7.69. The third-order valence-electron chi connectivity index (χ3n) is 3.59. The van der Waals surface area contributed by atoms with E-state index in [1.807, 2.05) is 25.3 Å². The van der Waals surface area contributed by atoms with Crippen LogP contribution in [0.15, 0.2) is 34.5 Å². The Kier molecular flexibility index (Phi) is 5.17. The minimum absolute atomic E-state index is 0.0125. The van der Waals surface area contributed by atoms with E-state index in [2.05, 4.69) is 14.8 Å². The van der Waals surface area contributed by atoms with Crippen molar-refractivity contribution in [2.45, 2.75) is 25.2 Å². The van der Waals surface area contributed by atoms with Gasteiger partial charge in [0.2, 0.25) is 15.2 Å². The van der Waals surface area contributed by atoms with Gasteiger partial charge in [0.25, 0.3) is 0 Å². The van der Waals surface area contributed by atoms with Crippen LogP contribution in [0.3, 0.4) is 0 Å². The van der Waals surface area contributed by atoms with E-state index in [0.717, 1.165) is 23.5 Å². The SMILES string of the molecule is Cc1cc(C)n(-c2nc(CCNS(=O)(=O)c3cc(F)ccc3F)cs2)n1. The van der Waals surface area contributed by atoms with Gasteiger partial charge in [-0.3, -0.25) is 0 Å². The van der Waals surface area contributed by atoms with Gasteiger partial charge < -0.3 is 0 Å². The fourth-order valence-corrected chi connectivity index (χ4v) is 4.39. The largest absolute Gasteiger partial charge is 0.243 e. The number of hydrogen-bond donors (Lipinski definition) is 1.